The van der Waals surface area contributed by atoms with Gasteiger partial charge in [-0.1, -0.05) is 13.0 Å². The van der Waals surface area contributed by atoms with Crippen molar-refractivity contribution in [2.75, 3.05) is 0 Å². The van der Waals surface area contributed by atoms with Crippen molar-refractivity contribution in [3.05, 3.63) is 48.9 Å². The maximum absolute atomic E-state index is 3.25. The van der Waals surface area contributed by atoms with Crippen LogP contribution in [0.25, 0.3) is 10.8 Å². The Morgan fingerprint density at radius 2 is 1.77 bits per heavy atom. The summed E-state index contributed by atoms with van der Waals surface area (Å²) in [5, 5.41) is 2.69. The number of hydrogen-bond acceptors (Lipinski definition) is 0. The molecule has 1 heteroatoms. The van der Waals surface area contributed by atoms with Gasteiger partial charge in [0.25, 0.3) is 0 Å². The third-order valence-corrected chi connectivity index (χ3v) is 1.76. The second-order valence-corrected chi connectivity index (χ2v) is 2.66. The van der Waals surface area contributed by atoms with Gasteiger partial charge in [0.05, 0.1) is 0 Å². The van der Waals surface area contributed by atoms with Crippen LogP contribution >= 0.6 is 0 Å². The molecule has 13 heavy (non-hydrogen) atoms. The summed E-state index contributed by atoms with van der Waals surface area (Å²) in [5.74, 6) is 0. The molecule has 0 aromatic heterocycles. The molecule has 0 heterocycles. The first kappa shape index (κ1) is 12.6. The maximum Gasteiger partial charge on any atom is 2.00 e. The van der Waals surface area contributed by atoms with Crippen LogP contribution in [0.15, 0.2) is 36.4 Å². The Morgan fingerprint density at radius 1 is 1.15 bits per heavy atom. The molecule has 2 aromatic carbocycles. The van der Waals surface area contributed by atoms with Crippen molar-refractivity contribution in [2.24, 2.45) is 0 Å². The van der Waals surface area contributed by atoms with Gasteiger partial charge in [-0.3, -0.25) is 0 Å². The van der Waals surface area contributed by atoms with Gasteiger partial charge >= 0.3 is 23.1 Å². The zero-order chi connectivity index (χ0) is 8.97. The number of aryl methyl sites for hydroxylation is 1. The van der Waals surface area contributed by atoms with E-state index in [1.165, 1.54) is 16.3 Å². The summed E-state index contributed by atoms with van der Waals surface area (Å²) >= 11 is 0. The molecule has 0 fully saturated rings. The van der Waals surface area contributed by atoms with Crippen LogP contribution in [0.2, 0.25) is 0 Å². The monoisotopic (exact) mass is 182 g/mol. The SMILES string of the molecule is Cc1cc2ccccc2[cH-]1.[CH2-]C.[Mg+2]. The molecule has 0 N–H and O–H groups in total. The second kappa shape index (κ2) is 6.11. The molecule has 0 nitrogen and oxygen atoms in total. The van der Waals surface area contributed by atoms with Gasteiger partial charge in [-0.2, -0.15) is 13.0 Å². The van der Waals surface area contributed by atoms with Crippen LogP contribution in [-0.2, 0) is 0 Å². The first-order chi connectivity index (χ1) is 5.86. The molecule has 0 aliphatic heterocycles. The molecule has 0 atom stereocenters. The Morgan fingerprint density at radius 3 is 2.38 bits per heavy atom. The smallest absolute Gasteiger partial charge is 0.346 e. The summed E-state index contributed by atoms with van der Waals surface area (Å²) in [4.78, 5) is 0. The molecule has 64 valence electrons. The number of benzene rings is 1. The van der Waals surface area contributed by atoms with E-state index in [9.17, 15) is 0 Å². The van der Waals surface area contributed by atoms with E-state index < -0.39 is 0 Å². The van der Waals surface area contributed by atoms with E-state index in [4.69, 9.17) is 0 Å². The van der Waals surface area contributed by atoms with Crippen molar-refractivity contribution in [1.29, 1.82) is 0 Å². The first-order valence-electron chi connectivity index (χ1n) is 4.19. The van der Waals surface area contributed by atoms with Gasteiger partial charge in [-0.15, -0.1) is 40.6 Å². The summed E-state index contributed by atoms with van der Waals surface area (Å²) in [5.41, 5.74) is 1.35. The van der Waals surface area contributed by atoms with Gasteiger partial charge < -0.3 is 6.92 Å². The van der Waals surface area contributed by atoms with Gasteiger partial charge in [0, 0.05) is 0 Å². The third kappa shape index (κ3) is 3.09. The van der Waals surface area contributed by atoms with Crippen LogP contribution < -0.4 is 0 Å². The summed E-state index contributed by atoms with van der Waals surface area (Å²) in [6.07, 6.45) is 0. The van der Waals surface area contributed by atoms with E-state index in [-0.39, 0.29) is 23.1 Å². The Hall–Kier alpha value is -0.404. The van der Waals surface area contributed by atoms with E-state index in [2.05, 4.69) is 50.2 Å². The quantitative estimate of drug-likeness (QED) is 0.433. The van der Waals surface area contributed by atoms with Gasteiger partial charge in [0.2, 0.25) is 0 Å². The molecule has 0 unspecified atom stereocenters. The molecule has 0 spiro atoms. The van der Waals surface area contributed by atoms with Crippen molar-refractivity contribution in [1.82, 2.24) is 0 Å². The van der Waals surface area contributed by atoms with E-state index in [0.29, 0.717) is 0 Å². The van der Waals surface area contributed by atoms with E-state index in [1.807, 2.05) is 0 Å². The average Bonchev–Trinajstić information content (AvgIpc) is 2.48. The van der Waals surface area contributed by atoms with Crippen LogP contribution in [0.3, 0.4) is 0 Å². The largest absolute Gasteiger partial charge is 2.00 e. The summed E-state index contributed by atoms with van der Waals surface area (Å²) in [7, 11) is 0. The first-order valence-corrected chi connectivity index (χ1v) is 4.19. The molecule has 2 aromatic rings. The standard InChI is InChI=1S/C10H9.C2H5.Mg/c1-8-6-9-4-2-3-5-10(9)7-8;1-2;/h2-7H,1H3;1H2,2H3;/q2*-1;+2. The molecule has 0 aliphatic carbocycles. The normalized spacial score (nSPS) is 8.54. The van der Waals surface area contributed by atoms with E-state index in [0.717, 1.165) is 0 Å². The van der Waals surface area contributed by atoms with Gasteiger partial charge in [0.15, 0.2) is 0 Å². The number of hydrogen-bond donors (Lipinski definition) is 0. The maximum atomic E-state index is 3.25. The Bertz CT molecular complexity index is 314. The van der Waals surface area contributed by atoms with Crippen LogP contribution in [0.5, 0.6) is 0 Å². The Balaban J connectivity index is 0.000000451. The number of rotatable bonds is 0. The van der Waals surface area contributed by atoms with Crippen molar-refractivity contribution >= 4 is 33.8 Å². The molecule has 0 saturated carbocycles. The fraction of sp³-hybridized carbons (Fsp3) is 0.167. The van der Waals surface area contributed by atoms with Crippen molar-refractivity contribution in [3.8, 4) is 0 Å². The van der Waals surface area contributed by atoms with E-state index in [1.54, 1.807) is 6.92 Å². The number of fused-ring (bicyclic) bond motifs is 1. The van der Waals surface area contributed by atoms with Crippen LogP contribution in [0.4, 0.5) is 0 Å². The molecule has 0 saturated heterocycles. The molecule has 0 radical (unpaired) electrons. The van der Waals surface area contributed by atoms with Gasteiger partial charge in [-0.25, -0.2) is 0 Å². The van der Waals surface area contributed by atoms with Crippen LogP contribution in [0.1, 0.15) is 12.5 Å². The fourth-order valence-corrected chi connectivity index (χ4v) is 1.31. The Labute approximate surface area is 96.5 Å². The summed E-state index contributed by atoms with van der Waals surface area (Å²) < 4.78 is 0. The fourth-order valence-electron chi connectivity index (χ4n) is 1.31. The molecule has 2 rings (SSSR count). The van der Waals surface area contributed by atoms with Crippen molar-refractivity contribution in [3.63, 3.8) is 0 Å². The van der Waals surface area contributed by atoms with Gasteiger partial charge in [-0.05, 0) is 0 Å². The van der Waals surface area contributed by atoms with Gasteiger partial charge in [0.1, 0.15) is 0 Å². The van der Waals surface area contributed by atoms with Crippen LogP contribution in [-0.4, -0.2) is 23.1 Å². The summed E-state index contributed by atoms with van der Waals surface area (Å²) in [6, 6.07) is 12.8. The zero-order valence-electron chi connectivity index (χ0n) is 8.38. The molecular formula is C12H14Mg. The minimum atomic E-state index is 0. The topological polar surface area (TPSA) is 0 Å². The average molecular weight is 183 g/mol. The minimum Gasteiger partial charge on any atom is -0.346 e. The van der Waals surface area contributed by atoms with Crippen LogP contribution in [0, 0.1) is 13.8 Å². The molecular weight excluding hydrogens is 168 g/mol. The molecule has 0 aliphatic rings. The second-order valence-electron chi connectivity index (χ2n) is 2.66. The predicted molar refractivity (Wildman–Crippen MR) is 61.1 cm³/mol. The Kier molecular flexibility index (Phi) is 5.92. The summed E-state index contributed by atoms with van der Waals surface area (Å²) in [6.45, 7) is 7.12. The predicted octanol–water partition coefficient (Wildman–Crippen LogP) is 3.33. The van der Waals surface area contributed by atoms with Crippen molar-refractivity contribution in [2.45, 2.75) is 13.8 Å². The zero-order valence-corrected chi connectivity index (χ0v) is 9.79. The molecule has 0 amide bonds. The van der Waals surface area contributed by atoms with Crippen molar-refractivity contribution < 1.29 is 0 Å². The van der Waals surface area contributed by atoms with E-state index >= 15 is 0 Å². The molecule has 0 bridgehead atoms. The third-order valence-electron chi connectivity index (χ3n) is 1.76. The minimum absolute atomic E-state index is 0.